The van der Waals surface area contributed by atoms with Gasteiger partial charge in [-0.2, -0.15) is 0 Å². The average Bonchev–Trinajstić information content (AvgIpc) is 2.78. The fourth-order valence-electron chi connectivity index (χ4n) is 2.66. The van der Waals surface area contributed by atoms with E-state index >= 15 is 0 Å². The van der Waals surface area contributed by atoms with Gasteiger partial charge in [-0.15, -0.1) is 0 Å². The van der Waals surface area contributed by atoms with Gasteiger partial charge in [0.15, 0.2) is 6.61 Å². The summed E-state index contributed by atoms with van der Waals surface area (Å²) in [5, 5.41) is 25.2. The molecular formula is C22H25Cl2FN2O6. The minimum Gasteiger partial charge on any atom is -0.494 e. The maximum Gasteiger partial charge on any atom is 0.320 e. The highest BCUT2D eigenvalue weighted by molar-refractivity contribution is 6.30. The summed E-state index contributed by atoms with van der Waals surface area (Å²) in [5.41, 5.74) is 0. The highest BCUT2D eigenvalue weighted by Crippen LogP contribution is 2.20. The number of aliphatic carboxylic acids is 1. The van der Waals surface area contributed by atoms with E-state index in [1.807, 2.05) is 0 Å². The van der Waals surface area contributed by atoms with Crippen LogP contribution in [-0.2, 0) is 9.59 Å². The molecule has 4 N–H and O–H groups in total. The second-order valence-electron chi connectivity index (χ2n) is 7.05. The molecule has 0 aliphatic heterocycles. The molecule has 2 atom stereocenters. The lowest BCUT2D eigenvalue weighted by atomic mass is 10.2. The molecule has 8 nitrogen and oxygen atoms in total. The molecule has 0 radical (unpaired) electrons. The standard InChI is InChI=1S/C22H25Cl2FN2O6/c23-14-1-3-16(4-2-14)32-10-8-20(22(30)31)26-9-7-15(28)12-27-21(29)13-33-17-5-6-18(24)19(25)11-17/h1-6,11,15,20,26,28H,7-10,12-13H2,(H,27,29)(H,30,31)/t15-,20+/m0/s1. The van der Waals surface area contributed by atoms with Gasteiger partial charge in [-0.3, -0.25) is 9.59 Å². The third kappa shape index (κ3) is 10.3. The number of aliphatic hydroxyl groups excluding tert-OH is 1. The van der Waals surface area contributed by atoms with Gasteiger partial charge in [0.25, 0.3) is 5.91 Å². The lowest BCUT2D eigenvalue weighted by Crippen LogP contribution is -2.41. The molecule has 2 aromatic carbocycles. The lowest BCUT2D eigenvalue weighted by molar-refractivity contribution is -0.139. The van der Waals surface area contributed by atoms with Gasteiger partial charge < -0.3 is 30.3 Å². The van der Waals surface area contributed by atoms with Gasteiger partial charge in [0.1, 0.15) is 23.4 Å². The zero-order valence-electron chi connectivity index (χ0n) is 17.6. The van der Waals surface area contributed by atoms with E-state index in [0.29, 0.717) is 10.8 Å². The molecule has 2 aromatic rings. The molecule has 0 saturated carbocycles. The van der Waals surface area contributed by atoms with Crippen molar-refractivity contribution in [3.8, 4) is 11.5 Å². The normalized spacial score (nSPS) is 12.6. The van der Waals surface area contributed by atoms with Crippen molar-refractivity contribution < 1.29 is 33.7 Å². The molecule has 11 heteroatoms. The molecule has 0 aromatic heterocycles. The number of benzene rings is 2. The number of nitrogens with one attached hydrogen (secondary N) is 2. The lowest BCUT2D eigenvalue weighted by Gasteiger charge is -2.17. The van der Waals surface area contributed by atoms with Crippen LogP contribution in [0.4, 0.5) is 4.39 Å². The maximum atomic E-state index is 13.3. The third-order valence-corrected chi connectivity index (χ3v) is 5.01. The first kappa shape index (κ1) is 26.7. The molecule has 33 heavy (non-hydrogen) atoms. The Kier molecular flexibility index (Phi) is 11.2. The van der Waals surface area contributed by atoms with E-state index in [2.05, 4.69) is 10.6 Å². The molecule has 0 aliphatic rings. The third-order valence-electron chi connectivity index (χ3n) is 4.45. The largest absolute Gasteiger partial charge is 0.494 e. The first-order chi connectivity index (χ1) is 15.7. The first-order valence-electron chi connectivity index (χ1n) is 10.1. The summed E-state index contributed by atoms with van der Waals surface area (Å²) in [6.07, 6.45) is -0.465. The van der Waals surface area contributed by atoms with E-state index in [0.717, 1.165) is 6.07 Å². The van der Waals surface area contributed by atoms with Crippen molar-refractivity contribution >= 4 is 35.1 Å². The highest BCUT2D eigenvalue weighted by Gasteiger charge is 2.17. The summed E-state index contributed by atoms with van der Waals surface area (Å²) >= 11 is 11.4. The number of hydrogen-bond acceptors (Lipinski definition) is 6. The number of carbonyl (C=O) groups is 2. The van der Waals surface area contributed by atoms with Gasteiger partial charge in [-0.25, -0.2) is 4.39 Å². The monoisotopic (exact) mass is 502 g/mol. The van der Waals surface area contributed by atoms with E-state index in [4.69, 9.17) is 32.7 Å². The minimum absolute atomic E-state index is 0.0454. The van der Waals surface area contributed by atoms with Crippen LogP contribution >= 0.6 is 23.2 Å². The van der Waals surface area contributed by atoms with Crippen LogP contribution in [-0.4, -0.2) is 60.5 Å². The molecular weight excluding hydrogens is 478 g/mol. The van der Waals surface area contributed by atoms with Crippen LogP contribution in [0.5, 0.6) is 11.5 Å². The van der Waals surface area contributed by atoms with E-state index in [9.17, 15) is 24.2 Å². The molecule has 180 valence electrons. The Labute approximate surface area is 200 Å². The van der Waals surface area contributed by atoms with E-state index < -0.39 is 29.8 Å². The molecule has 0 saturated heterocycles. The SMILES string of the molecule is O=C(COc1ccc(Cl)c(F)c1)NC[C@@H](O)CCN[C@H](CCOc1ccc(Cl)cc1)C(=O)O. The summed E-state index contributed by atoms with van der Waals surface area (Å²) in [4.78, 5) is 23.2. The Bertz CT molecular complexity index is 916. The second kappa shape index (κ2) is 13.8. The Morgan fingerprint density at radius 3 is 2.39 bits per heavy atom. The van der Waals surface area contributed by atoms with Crippen molar-refractivity contribution in [2.45, 2.75) is 25.0 Å². The minimum atomic E-state index is -1.03. The van der Waals surface area contributed by atoms with Crippen LogP contribution < -0.4 is 20.1 Å². The average molecular weight is 503 g/mol. The first-order valence-corrected chi connectivity index (χ1v) is 10.9. The number of rotatable bonds is 14. The zero-order valence-corrected chi connectivity index (χ0v) is 19.1. The van der Waals surface area contributed by atoms with Gasteiger partial charge in [-0.1, -0.05) is 23.2 Å². The predicted molar refractivity (Wildman–Crippen MR) is 122 cm³/mol. The quantitative estimate of drug-likeness (QED) is 0.313. The number of carbonyl (C=O) groups excluding carboxylic acids is 1. The van der Waals surface area contributed by atoms with Gasteiger partial charge in [0.05, 0.1) is 17.7 Å². The Balaban J connectivity index is 1.61. The molecule has 0 unspecified atom stereocenters. The van der Waals surface area contributed by atoms with Gasteiger partial charge in [0, 0.05) is 24.1 Å². The van der Waals surface area contributed by atoms with Crippen molar-refractivity contribution in [1.82, 2.24) is 10.6 Å². The number of amides is 1. The zero-order chi connectivity index (χ0) is 24.2. The van der Waals surface area contributed by atoms with Crippen molar-refractivity contribution in [1.29, 1.82) is 0 Å². The smallest absolute Gasteiger partial charge is 0.320 e. The van der Waals surface area contributed by atoms with Crippen LogP contribution in [0.2, 0.25) is 10.0 Å². The van der Waals surface area contributed by atoms with E-state index in [1.54, 1.807) is 24.3 Å². The fourth-order valence-corrected chi connectivity index (χ4v) is 2.91. The van der Waals surface area contributed by atoms with Crippen LogP contribution in [0, 0.1) is 5.82 Å². The fraction of sp³-hybridized carbons (Fsp3) is 0.364. The van der Waals surface area contributed by atoms with Crippen LogP contribution in [0.3, 0.4) is 0 Å². The van der Waals surface area contributed by atoms with Crippen molar-refractivity contribution in [2.24, 2.45) is 0 Å². The number of hydrogen-bond donors (Lipinski definition) is 4. The van der Waals surface area contributed by atoms with Crippen LogP contribution in [0.1, 0.15) is 12.8 Å². The summed E-state index contributed by atoms with van der Waals surface area (Å²) in [7, 11) is 0. The molecule has 0 spiro atoms. The summed E-state index contributed by atoms with van der Waals surface area (Å²) in [6, 6.07) is 9.68. The molecule has 0 bridgehead atoms. The van der Waals surface area contributed by atoms with Crippen LogP contribution in [0.15, 0.2) is 42.5 Å². The second-order valence-corrected chi connectivity index (χ2v) is 7.89. The number of aliphatic hydroxyl groups is 1. The predicted octanol–water partition coefficient (Wildman–Crippen LogP) is 2.89. The summed E-state index contributed by atoms with van der Waals surface area (Å²) in [6.45, 7) is -0.00571. The Morgan fingerprint density at radius 1 is 1.03 bits per heavy atom. The van der Waals surface area contributed by atoms with Crippen LogP contribution in [0.25, 0.3) is 0 Å². The summed E-state index contributed by atoms with van der Waals surface area (Å²) in [5.74, 6) is -1.46. The summed E-state index contributed by atoms with van der Waals surface area (Å²) < 4.78 is 24.0. The van der Waals surface area contributed by atoms with Crippen molar-refractivity contribution in [3.63, 3.8) is 0 Å². The molecule has 2 rings (SSSR count). The number of carboxylic acid groups (broad SMARTS) is 1. The highest BCUT2D eigenvalue weighted by atomic mass is 35.5. The molecule has 0 heterocycles. The number of halogens is 3. The molecule has 0 aliphatic carbocycles. The van der Waals surface area contributed by atoms with E-state index in [-0.39, 0.29) is 49.9 Å². The Hall–Kier alpha value is -2.59. The Morgan fingerprint density at radius 2 is 1.73 bits per heavy atom. The number of carboxylic acids is 1. The van der Waals surface area contributed by atoms with E-state index in [1.165, 1.54) is 12.1 Å². The number of ether oxygens (including phenoxy) is 2. The molecule has 0 fully saturated rings. The topological polar surface area (TPSA) is 117 Å². The van der Waals surface area contributed by atoms with Crippen molar-refractivity contribution in [3.05, 3.63) is 58.3 Å². The van der Waals surface area contributed by atoms with Gasteiger partial charge >= 0.3 is 5.97 Å². The van der Waals surface area contributed by atoms with Gasteiger partial charge in [0.2, 0.25) is 0 Å². The maximum absolute atomic E-state index is 13.3. The van der Waals surface area contributed by atoms with Gasteiger partial charge in [-0.05, 0) is 49.4 Å². The molecule has 1 amide bonds. The van der Waals surface area contributed by atoms with Crippen molar-refractivity contribution in [2.75, 3.05) is 26.3 Å².